The predicted molar refractivity (Wildman–Crippen MR) is 140 cm³/mol. The zero-order chi connectivity index (χ0) is 26.6. The minimum atomic E-state index is -0.555. The van der Waals surface area contributed by atoms with Crippen molar-refractivity contribution in [3.8, 4) is 16.9 Å². The van der Waals surface area contributed by atoms with Crippen molar-refractivity contribution >= 4 is 29.1 Å². The minimum absolute atomic E-state index is 0.0988. The smallest absolute Gasteiger partial charge is 0.258 e. The van der Waals surface area contributed by atoms with Crippen LogP contribution in [0.2, 0.25) is 5.02 Å². The number of Topliss-reactive ketones (excluding diaryl/α,β-unsaturated/α-hetero) is 1. The third-order valence-electron chi connectivity index (χ3n) is 5.91. The van der Waals surface area contributed by atoms with Crippen LogP contribution in [0, 0.1) is 5.82 Å². The van der Waals surface area contributed by atoms with Gasteiger partial charge in [0.15, 0.2) is 5.78 Å². The first-order valence-corrected chi connectivity index (χ1v) is 12.0. The fourth-order valence-corrected chi connectivity index (χ4v) is 4.14. The number of rotatable bonds is 8. The van der Waals surface area contributed by atoms with E-state index >= 15 is 0 Å². The number of carbonyl (C=O) groups is 2. The van der Waals surface area contributed by atoms with E-state index in [0.29, 0.717) is 16.9 Å². The Hall–Kier alpha value is -4.70. The highest BCUT2D eigenvalue weighted by Crippen LogP contribution is 2.28. The van der Waals surface area contributed by atoms with E-state index in [1.165, 1.54) is 41.2 Å². The van der Waals surface area contributed by atoms with E-state index in [1.54, 1.807) is 24.4 Å². The SMILES string of the molecule is CC(CC(=O)c1cc(NC(=O)c2cc(-c3ncccc3F)ccc2Cl)n(-c2ccccc2)n1)c1cn[nH]n1. The van der Waals surface area contributed by atoms with Crippen LogP contribution in [0.3, 0.4) is 0 Å². The molecule has 190 valence electrons. The summed E-state index contributed by atoms with van der Waals surface area (Å²) in [5.41, 5.74) is 2.08. The first-order valence-electron chi connectivity index (χ1n) is 11.7. The lowest BCUT2D eigenvalue weighted by Crippen LogP contribution is -2.15. The van der Waals surface area contributed by atoms with Gasteiger partial charge in [0.05, 0.1) is 28.2 Å². The van der Waals surface area contributed by atoms with Gasteiger partial charge in [0.2, 0.25) is 0 Å². The van der Waals surface area contributed by atoms with Crippen molar-refractivity contribution in [3.05, 3.63) is 107 Å². The van der Waals surface area contributed by atoms with Crippen LogP contribution in [0.15, 0.2) is 79.1 Å². The van der Waals surface area contributed by atoms with Crippen LogP contribution in [-0.2, 0) is 0 Å². The van der Waals surface area contributed by atoms with Crippen molar-refractivity contribution in [2.75, 3.05) is 5.32 Å². The molecule has 0 saturated carbocycles. The molecule has 0 bridgehead atoms. The largest absolute Gasteiger partial charge is 0.306 e. The molecule has 9 nitrogen and oxygen atoms in total. The lowest BCUT2D eigenvalue weighted by Gasteiger charge is -2.11. The van der Waals surface area contributed by atoms with Gasteiger partial charge in [-0.25, -0.2) is 9.07 Å². The number of nitrogens with zero attached hydrogens (tertiary/aromatic N) is 5. The number of amides is 1. The molecule has 38 heavy (non-hydrogen) atoms. The zero-order valence-electron chi connectivity index (χ0n) is 20.1. The number of hydrogen-bond acceptors (Lipinski definition) is 6. The van der Waals surface area contributed by atoms with E-state index in [-0.39, 0.29) is 45.9 Å². The lowest BCUT2D eigenvalue weighted by molar-refractivity contribution is 0.0968. The molecule has 1 amide bonds. The Morgan fingerprint density at radius 1 is 1.11 bits per heavy atom. The van der Waals surface area contributed by atoms with Crippen LogP contribution in [0.4, 0.5) is 10.2 Å². The highest BCUT2D eigenvalue weighted by Gasteiger charge is 2.22. The monoisotopic (exact) mass is 529 g/mol. The topological polar surface area (TPSA) is 118 Å². The third-order valence-corrected chi connectivity index (χ3v) is 6.24. The number of ketones is 1. The zero-order valence-corrected chi connectivity index (χ0v) is 20.9. The fraction of sp³-hybridized carbons (Fsp3) is 0.111. The fourth-order valence-electron chi connectivity index (χ4n) is 3.94. The number of para-hydroxylation sites is 1. The Morgan fingerprint density at radius 3 is 2.66 bits per heavy atom. The van der Waals surface area contributed by atoms with Gasteiger partial charge in [-0.05, 0) is 36.4 Å². The van der Waals surface area contributed by atoms with Crippen LogP contribution in [0.1, 0.15) is 45.8 Å². The molecule has 0 aliphatic heterocycles. The Kier molecular flexibility index (Phi) is 7.05. The number of benzene rings is 2. The Balaban J connectivity index is 1.46. The second-order valence-corrected chi connectivity index (χ2v) is 8.98. The lowest BCUT2D eigenvalue weighted by atomic mass is 10.0. The van der Waals surface area contributed by atoms with Crippen LogP contribution in [-0.4, -0.2) is 41.9 Å². The molecule has 1 unspecified atom stereocenters. The highest BCUT2D eigenvalue weighted by molar-refractivity contribution is 6.34. The summed E-state index contributed by atoms with van der Waals surface area (Å²) in [6.45, 7) is 1.87. The third kappa shape index (κ3) is 5.21. The second kappa shape index (κ2) is 10.7. The predicted octanol–water partition coefficient (Wildman–Crippen LogP) is 5.47. The molecule has 5 rings (SSSR count). The van der Waals surface area contributed by atoms with Gasteiger partial charge < -0.3 is 5.32 Å². The molecule has 11 heteroatoms. The molecular formula is C27H21ClFN7O2. The van der Waals surface area contributed by atoms with Crippen LogP contribution in [0.25, 0.3) is 16.9 Å². The number of carbonyl (C=O) groups excluding carboxylic acids is 2. The molecule has 2 N–H and O–H groups in total. The highest BCUT2D eigenvalue weighted by atomic mass is 35.5. The van der Waals surface area contributed by atoms with E-state index in [4.69, 9.17) is 11.6 Å². The van der Waals surface area contributed by atoms with E-state index in [2.05, 4.69) is 30.8 Å². The number of H-pyrrole nitrogens is 1. The molecule has 0 fully saturated rings. The molecule has 5 aromatic rings. The maximum Gasteiger partial charge on any atom is 0.258 e. The second-order valence-electron chi connectivity index (χ2n) is 8.57. The summed E-state index contributed by atoms with van der Waals surface area (Å²) in [6.07, 6.45) is 3.18. The number of aromatic nitrogens is 6. The quantitative estimate of drug-likeness (QED) is 0.257. The maximum absolute atomic E-state index is 14.3. The van der Waals surface area contributed by atoms with Gasteiger partial charge in [-0.15, -0.1) is 0 Å². The number of anilines is 1. The van der Waals surface area contributed by atoms with E-state index in [9.17, 15) is 14.0 Å². The Labute approximate surface area is 221 Å². The number of hydrogen-bond donors (Lipinski definition) is 2. The Morgan fingerprint density at radius 2 is 1.92 bits per heavy atom. The molecule has 3 aromatic heterocycles. The van der Waals surface area contributed by atoms with Crippen molar-refractivity contribution in [1.82, 2.24) is 30.2 Å². The summed E-state index contributed by atoms with van der Waals surface area (Å²) in [4.78, 5) is 30.5. The van der Waals surface area contributed by atoms with Gasteiger partial charge >= 0.3 is 0 Å². The molecule has 1 atom stereocenters. The van der Waals surface area contributed by atoms with Gasteiger partial charge in [0, 0.05) is 30.2 Å². The first-order chi connectivity index (χ1) is 18.4. The van der Waals surface area contributed by atoms with Crippen molar-refractivity contribution in [2.45, 2.75) is 19.3 Å². The van der Waals surface area contributed by atoms with Crippen LogP contribution >= 0.6 is 11.6 Å². The Bertz CT molecular complexity index is 1600. The average Bonchev–Trinajstić information content (AvgIpc) is 3.61. The van der Waals surface area contributed by atoms with Crippen LogP contribution < -0.4 is 5.32 Å². The summed E-state index contributed by atoms with van der Waals surface area (Å²) < 4.78 is 15.8. The molecule has 0 aliphatic rings. The minimum Gasteiger partial charge on any atom is -0.306 e. The molecule has 0 spiro atoms. The van der Waals surface area contributed by atoms with Gasteiger partial charge in [0.1, 0.15) is 23.0 Å². The molecule has 3 heterocycles. The normalized spacial score (nSPS) is 11.8. The van der Waals surface area contributed by atoms with Crippen molar-refractivity contribution < 1.29 is 14.0 Å². The van der Waals surface area contributed by atoms with Gasteiger partial charge in [-0.2, -0.15) is 20.5 Å². The molecule has 0 radical (unpaired) electrons. The maximum atomic E-state index is 14.3. The van der Waals surface area contributed by atoms with E-state index in [1.807, 2.05) is 25.1 Å². The summed E-state index contributed by atoms with van der Waals surface area (Å²) in [5.74, 6) is -1.22. The van der Waals surface area contributed by atoms with Gasteiger partial charge in [0.25, 0.3) is 5.91 Å². The van der Waals surface area contributed by atoms with Crippen molar-refractivity contribution in [3.63, 3.8) is 0 Å². The molecule has 0 saturated heterocycles. The summed E-state index contributed by atoms with van der Waals surface area (Å²) in [6, 6.07) is 17.9. The summed E-state index contributed by atoms with van der Waals surface area (Å²) in [7, 11) is 0. The number of halogens is 2. The van der Waals surface area contributed by atoms with E-state index < -0.39 is 11.7 Å². The molecule has 2 aromatic carbocycles. The van der Waals surface area contributed by atoms with Crippen LogP contribution in [0.5, 0.6) is 0 Å². The summed E-state index contributed by atoms with van der Waals surface area (Å²) >= 11 is 6.34. The first kappa shape index (κ1) is 25.0. The number of nitrogens with one attached hydrogen (secondary N) is 2. The van der Waals surface area contributed by atoms with Crippen molar-refractivity contribution in [2.24, 2.45) is 0 Å². The van der Waals surface area contributed by atoms with Crippen molar-refractivity contribution in [1.29, 1.82) is 0 Å². The van der Waals surface area contributed by atoms with E-state index in [0.717, 1.165) is 0 Å². The molecule has 0 aliphatic carbocycles. The van der Waals surface area contributed by atoms with Gasteiger partial charge in [-0.1, -0.05) is 42.8 Å². The van der Waals surface area contributed by atoms with Gasteiger partial charge in [-0.3, -0.25) is 14.6 Å². The molecular weight excluding hydrogens is 509 g/mol. The summed E-state index contributed by atoms with van der Waals surface area (Å²) in [5, 5.41) is 17.8. The number of pyridine rings is 1. The average molecular weight is 530 g/mol. The number of aromatic amines is 1. The standard InChI is InChI=1S/C27H21ClFN7O2/c1-16(23-15-31-35-33-23)12-24(37)22-14-25(36(34-22)18-6-3-2-4-7-18)32-27(38)19-13-17(9-10-20(19)28)26-21(29)8-5-11-30-26/h2-11,13-16H,12H2,1H3,(H,32,38)(H,31,33,35).